The molecule has 0 aliphatic heterocycles. The van der Waals surface area contributed by atoms with Gasteiger partial charge in [0.05, 0.1) is 13.2 Å². The highest BCUT2D eigenvalue weighted by atomic mass is 19.1. The van der Waals surface area contributed by atoms with Gasteiger partial charge in [-0.25, -0.2) is 9.18 Å². The number of carbonyl (C=O) groups excluding carboxylic acids is 2. The van der Waals surface area contributed by atoms with Crippen LogP contribution in [-0.2, 0) is 4.79 Å². The molecular weight excluding hydrogens is 365 g/mol. The number of likely N-dealkylation sites (N-methyl/N-ethyl adjacent to an activating group) is 1. The molecule has 0 radical (unpaired) electrons. The number of amides is 3. The predicted octanol–water partition coefficient (Wildman–Crippen LogP) is 3.23. The van der Waals surface area contributed by atoms with Crippen molar-refractivity contribution >= 4 is 17.6 Å². The lowest BCUT2D eigenvalue weighted by Crippen LogP contribution is -2.31. The summed E-state index contributed by atoms with van der Waals surface area (Å²) in [5.41, 5.74) is 1.17. The van der Waals surface area contributed by atoms with E-state index in [2.05, 4.69) is 16.0 Å². The fourth-order valence-electron chi connectivity index (χ4n) is 2.43. The Morgan fingerprint density at radius 1 is 1.14 bits per heavy atom. The Balaban J connectivity index is 1.86. The molecule has 28 heavy (non-hydrogen) atoms. The zero-order valence-corrected chi connectivity index (χ0v) is 16.0. The minimum atomic E-state index is -0.489. The zero-order chi connectivity index (χ0) is 20.5. The van der Waals surface area contributed by atoms with Crippen LogP contribution >= 0.6 is 0 Å². The van der Waals surface area contributed by atoms with Gasteiger partial charge in [-0.2, -0.15) is 0 Å². The summed E-state index contributed by atoms with van der Waals surface area (Å²) in [6.07, 6.45) is 0. The number of urea groups is 1. The van der Waals surface area contributed by atoms with Gasteiger partial charge in [0.25, 0.3) is 5.91 Å². The SMILES string of the molecule is CCNC(=O)COc1ccc(NC(=O)N[C@@H](C)c2ccc(OC)c(F)c2)cc1. The standard InChI is InChI=1S/C20H24FN3O4/c1-4-22-19(25)12-28-16-8-6-15(7-9-16)24-20(26)23-13(2)14-5-10-18(27-3)17(21)11-14/h5-11,13H,4,12H2,1-3H3,(H,22,25)(H2,23,24,26)/t13-/m0/s1. The van der Waals surface area contributed by atoms with Gasteiger partial charge in [0.1, 0.15) is 5.75 Å². The maximum absolute atomic E-state index is 13.8. The highest BCUT2D eigenvalue weighted by Crippen LogP contribution is 2.22. The predicted molar refractivity (Wildman–Crippen MR) is 104 cm³/mol. The monoisotopic (exact) mass is 389 g/mol. The molecule has 0 heterocycles. The van der Waals surface area contributed by atoms with Crippen LogP contribution in [0.25, 0.3) is 0 Å². The third-order valence-electron chi connectivity index (χ3n) is 3.88. The number of hydrogen-bond donors (Lipinski definition) is 3. The van der Waals surface area contributed by atoms with Crippen molar-refractivity contribution in [3.63, 3.8) is 0 Å². The number of benzene rings is 2. The Hall–Kier alpha value is -3.29. The van der Waals surface area contributed by atoms with E-state index in [9.17, 15) is 14.0 Å². The molecule has 0 unspecified atom stereocenters. The van der Waals surface area contributed by atoms with Crippen molar-refractivity contribution in [2.75, 3.05) is 25.6 Å². The second kappa shape index (κ2) is 10.1. The molecule has 0 saturated carbocycles. The van der Waals surface area contributed by atoms with Crippen LogP contribution in [0.3, 0.4) is 0 Å². The largest absolute Gasteiger partial charge is 0.494 e. The number of carbonyl (C=O) groups is 2. The molecule has 3 N–H and O–H groups in total. The Kier molecular flexibility index (Phi) is 7.62. The lowest BCUT2D eigenvalue weighted by molar-refractivity contribution is -0.122. The van der Waals surface area contributed by atoms with Crippen LogP contribution in [0.4, 0.5) is 14.9 Å². The molecule has 0 aliphatic rings. The normalized spacial score (nSPS) is 11.3. The molecule has 150 valence electrons. The smallest absolute Gasteiger partial charge is 0.319 e. The van der Waals surface area contributed by atoms with Crippen LogP contribution in [0.5, 0.6) is 11.5 Å². The lowest BCUT2D eigenvalue weighted by Gasteiger charge is -2.16. The molecule has 3 amide bonds. The molecule has 0 saturated heterocycles. The molecule has 0 fully saturated rings. The van der Waals surface area contributed by atoms with E-state index in [0.717, 1.165) is 0 Å². The summed E-state index contributed by atoms with van der Waals surface area (Å²) in [4.78, 5) is 23.5. The van der Waals surface area contributed by atoms with Gasteiger partial charge >= 0.3 is 6.03 Å². The molecule has 0 spiro atoms. The van der Waals surface area contributed by atoms with Crippen LogP contribution in [0.15, 0.2) is 42.5 Å². The van der Waals surface area contributed by atoms with Crippen molar-refractivity contribution in [1.29, 1.82) is 0 Å². The minimum absolute atomic E-state index is 0.0724. The van der Waals surface area contributed by atoms with Gasteiger partial charge < -0.3 is 25.4 Å². The first-order valence-electron chi connectivity index (χ1n) is 8.83. The third-order valence-corrected chi connectivity index (χ3v) is 3.88. The maximum Gasteiger partial charge on any atom is 0.319 e. The van der Waals surface area contributed by atoms with Gasteiger partial charge in [-0.15, -0.1) is 0 Å². The van der Waals surface area contributed by atoms with Gasteiger partial charge in [0.2, 0.25) is 0 Å². The highest BCUT2D eigenvalue weighted by molar-refractivity contribution is 5.89. The van der Waals surface area contributed by atoms with Crippen LogP contribution in [-0.4, -0.2) is 32.2 Å². The summed E-state index contributed by atoms with van der Waals surface area (Å²) < 4.78 is 24.0. The van der Waals surface area contributed by atoms with E-state index in [1.54, 1.807) is 37.3 Å². The van der Waals surface area contributed by atoms with Crippen molar-refractivity contribution in [3.05, 3.63) is 53.8 Å². The summed E-state index contributed by atoms with van der Waals surface area (Å²) in [5.74, 6) is -0.0283. The number of nitrogens with one attached hydrogen (secondary N) is 3. The molecule has 0 aromatic heterocycles. The van der Waals surface area contributed by atoms with Gasteiger partial charge in [-0.05, 0) is 55.8 Å². The summed E-state index contributed by atoms with van der Waals surface area (Å²) in [6.45, 7) is 4.05. The Morgan fingerprint density at radius 2 is 1.86 bits per heavy atom. The van der Waals surface area contributed by atoms with Crippen LogP contribution in [0.1, 0.15) is 25.5 Å². The van der Waals surface area contributed by atoms with Crippen molar-refractivity contribution in [1.82, 2.24) is 10.6 Å². The van der Waals surface area contributed by atoms with E-state index in [0.29, 0.717) is 23.5 Å². The van der Waals surface area contributed by atoms with Crippen molar-refractivity contribution in [2.45, 2.75) is 19.9 Å². The van der Waals surface area contributed by atoms with Crippen LogP contribution in [0.2, 0.25) is 0 Å². The quantitative estimate of drug-likeness (QED) is 0.647. The summed E-state index contributed by atoms with van der Waals surface area (Å²) >= 11 is 0. The lowest BCUT2D eigenvalue weighted by atomic mass is 10.1. The average Bonchev–Trinajstić information content (AvgIpc) is 2.67. The number of halogens is 1. The minimum Gasteiger partial charge on any atom is -0.494 e. The van der Waals surface area contributed by atoms with E-state index >= 15 is 0 Å². The van der Waals surface area contributed by atoms with Crippen LogP contribution in [0, 0.1) is 5.82 Å². The third kappa shape index (κ3) is 6.15. The molecular formula is C20H24FN3O4. The highest BCUT2D eigenvalue weighted by Gasteiger charge is 2.12. The topological polar surface area (TPSA) is 88.7 Å². The van der Waals surface area contributed by atoms with Gasteiger partial charge in [0, 0.05) is 12.2 Å². The van der Waals surface area contributed by atoms with Gasteiger partial charge in [-0.1, -0.05) is 6.07 Å². The number of anilines is 1. The molecule has 8 heteroatoms. The molecule has 2 aromatic carbocycles. The number of ether oxygens (including phenoxy) is 2. The summed E-state index contributed by atoms with van der Waals surface area (Å²) in [6, 6.07) is 10.3. The summed E-state index contributed by atoms with van der Waals surface area (Å²) in [5, 5.41) is 8.06. The Bertz CT molecular complexity index is 812. The summed E-state index contributed by atoms with van der Waals surface area (Å²) in [7, 11) is 1.39. The number of hydrogen-bond acceptors (Lipinski definition) is 4. The zero-order valence-electron chi connectivity index (χ0n) is 16.0. The van der Waals surface area contributed by atoms with Crippen molar-refractivity contribution in [3.8, 4) is 11.5 Å². The first-order chi connectivity index (χ1) is 13.4. The van der Waals surface area contributed by atoms with Crippen molar-refractivity contribution < 1.29 is 23.5 Å². The molecule has 2 rings (SSSR count). The van der Waals surface area contributed by atoms with Gasteiger partial charge in [0.15, 0.2) is 18.2 Å². The van der Waals surface area contributed by atoms with E-state index in [-0.39, 0.29) is 18.3 Å². The Labute approximate surface area is 163 Å². The molecule has 1 atom stereocenters. The molecule has 2 aromatic rings. The first kappa shape index (κ1) is 21.0. The number of rotatable bonds is 8. The molecule has 7 nitrogen and oxygen atoms in total. The fourth-order valence-corrected chi connectivity index (χ4v) is 2.43. The van der Waals surface area contributed by atoms with Crippen LogP contribution < -0.4 is 25.4 Å². The second-order valence-corrected chi connectivity index (χ2v) is 5.98. The Morgan fingerprint density at radius 3 is 2.46 bits per heavy atom. The molecule has 0 aliphatic carbocycles. The van der Waals surface area contributed by atoms with E-state index in [4.69, 9.17) is 9.47 Å². The molecule has 0 bridgehead atoms. The fraction of sp³-hybridized carbons (Fsp3) is 0.300. The van der Waals surface area contributed by atoms with E-state index < -0.39 is 17.9 Å². The van der Waals surface area contributed by atoms with Gasteiger partial charge in [-0.3, -0.25) is 4.79 Å². The second-order valence-electron chi connectivity index (χ2n) is 5.98. The average molecular weight is 389 g/mol. The van der Waals surface area contributed by atoms with E-state index in [1.807, 2.05) is 6.92 Å². The maximum atomic E-state index is 13.8. The van der Waals surface area contributed by atoms with Crippen molar-refractivity contribution in [2.24, 2.45) is 0 Å². The van der Waals surface area contributed by atoms with E-state index in [1.165, 1.54) is 19.2 Å². The number of methoxy groups -OCH3 is 1. The first-order valence-corrected chi connectivity index (χ1v) is 8.83.